The van der Waals surface area contributed by atoms with Crippen molar-refractivity contribution in [1.29, 1.82) is 5.26 Å². The molecule has 5 heteroatoms. The Balaban J connectivity index is 1.92. The highest BCUT2D eigenvalue weighted by atomic mass is 16.5. The van der Waals surface area contributed by atoms with Crippen LogP contribution in [-0.4, -0.2) is 6.02 Å². The lowest BCUT2D eigenvalue weighted by Crippen LogP contribution is -2.27. The molecule has 0 aromatic heterocycles. The van der Waals surface area contributed by atoms with Crippen molar-refractivity contribution in [2.24, 2.45) is 4.99 Å². The van der Waals surface area contributed by atoms with Gasteiger partial charge in [-0.25, -0.2) is 0 Å². The average Bonchev–Trinajstić information content (AvgIpc) is 2.87. The molecule has 88 valence electrons. The van der Waals surface area contributed by atoms with Crippen molar-refractivity contribution in [3.63, 3.8) is 0 Å². The van der Waals surface area contributed by atoms with Gasteiger partial charge in [0.15, 0.2) is 6.23 Å². The predicted molar refractivity (Wildman–Crippen MR) is 67.1 cm³/mol. The minimum Gasteiger partial charge on any atom is -0.438 e. The van der Waals surface area contributed by atoms with E-state index in [1.165, 1.54) is 5.39 Å². The standard InChI is InChI=1S/C13H10N4O/c14-8-15-13-17-16-12(18-13)11-6-5-9-3-1-2-4-10(9)7-11/h1-7,12,16H,(H,15,17). The van der Waals surface area contributed by atoms with Crippen LogP contribution in [0.15, 0.2) is 47.5 Å². The van der Waals surface area contributed by atoms with Crippen LogP contribution in [0, 0.1) is 11.5 Å². The molecule has 1 unspecified atom stereocenters. The number of fused-ring (bicyclic) bond motifs is 1. The van der Waals surface area contributed by atoms with E-state index in [9.17, 15) is 0 Å². The molecule has 2 aromatic carbocycles. The molecule has 0 saturated carbocycles. The Morgan fingerprint density at radius 2 is 2.00 bits per heavy atom. The van der Waals surface area contributed by atoms with Gasteiger partial charge in [0, 0.05) is 5.56 Å². The second-order valence-electron chi connectivity index (χ2n) is 3.89. The van der Waals surface area contributed by atoms with Crippen molar-refractivity contribution in [3.05, 3.63) is 48.0 Å². The normalized spacial score (nSPS) is 20.4. The molecule has 0 amide bonds. The molecule has 1 fully saturated rings. The van der Waals surface area contributed by atoms with Crippen LogP contribution in [0.4, 0.5) is 0 Å². The van der Waals surface area contributed by atoms with Gasteiger partial charge in [-0.3, -0.25) is 5.43 Å². The van der Waals surface area contributed by atoms with Crippen molar-refractivity contribution in [1.82, 2.24) is 10.9 Å². The summed E-state index contributed by atoms with van der Waals surface area (Å²) in [5.74, 6) is 0. The SMILES string of the molecule is N#CN=C1NNC(c2ccc3ccccc3c2)O1. The zero-order chi connectivity index (χ0) is 12.4. The molecule has 0 spiro atoms. The van der Waals surface area contributed by atoms with E-state index >= 15 is 0 Å². The van der Waals surface area contributed by atoms with Crippen LogP contribution in [0.3, 0.4) is 0 Å². The molecule has 1 aliphatic rings. The Morgan fingerprint density at radius 3 is 2.83 bits per heavy atom. The maximum atomic E-state index is 8.44. The third kappa shape index (κ3) is 1.85. The Kier molecular flexibility index (Phi) is 2.56. The lowest BCUT2D eigenvalue weighted by atomic mass is 10.1. The number of benzene rings is 2. The number of nitrogens with one attached hydrogen (secondary N) is 2. The molecule has 18 heavy (non-hydrogen) atoms. The highest BCUT2D eigenvalue weighted by Crippen LogP contribution is 2.22. The van der Waals surface area contributed by atoms with Crippen LogP contribution in [0.1, 0.15) is 11.8 Å². The van der Waals surface area contributed by atoms with Gasteiger partial charge in [-0.05, 0) is 16.8 Å². The molecule has 2 aromatic rings. The van der Waals surface area contributed by atoms with E-state index in [0.29, 0.717) is 0 Å². The average molecular weight is 238 g/mol. The first-order valence-electron chi connectivity index (χ1n) is 5.50. The van der Waals surface area contributed by atoms with Crippen LogP contribution < -0.4 is 10.9 Å². The van der Waals surface area contributed by atoms with Crippen LogP contribution in [-0.2, 0) is 4.74 Å². The zero-order valence-corrected chi connectivity index (χ0v) is 9.42. The van der Waals surface area contributed by atoms with Gasteiger partial charge in [0.05, 0.1) is 0 Å². The van der Waals surface area contributed by atoms with Gasteiger partial charge < -0.3 is 4.74 Å². The van der Waals surface area contributed by atoms with Crippen molar-refractivity contribution < 1.29 is 4.74 Å². The van der Waals surface area contributed by atoms with E-state index in [1.54, 1.807) is 6.19 Å². The first kappa shape index (κ1) is 10.6. The minimum absolute atomic E-state index is 0.190. The van der Waals surface area contributed by atoms with Crippen molar-refractivity contribution in [3.8, 4) is 6.19 Å². The first-order valence-corrected chi connectivity index (χ1v) is 5.50. The fraction of sp³-hybridized carbons (Fsp3) is 0.0769. The number of ether oxygens (including phenoxy) is 1. The number of nitriles is 1. The fourth-order valence-corrected chi connectivity index (χ4v) is 1.92. The number of aliphatic imine (C=N–C) groups is 1. The number of amidine groups is 1. The van der Waals surface area contributed by atoms with Crippen molar-refractivity contribution in [2.75, 3.05) is 0 Å². The molecular formula is C13H10N4O. The minimum atomic E-state index is -0.332. The summed E-state index contributed by atoms with van der Waals surface area (Å²) >= 11 is 0. The highest BCUT2D eigenvalue weighted by molar-refractivity contribution is 5.83. The molecule has 0 aliphatic carbocycles. The number of rotatable bonds is 1. The summed E-state index contributed by atoms with van der Waals surface area (Å²) in [6, 6.07) is 14.4. The Morgan fingerprint density at radius 1 is 1.17 bits per heavy atom. The Hall–Kier alpha value is -2.58. The van der Waals surface area contributed by atoms with Crippen LogP contribution in [0.2, 0.25) is 0 Å². The van der Waals surface area contributed by atoms with Gasteiger partial charge in [-0.1, -0.05) is 36.4 Å². The van der Waals surface area contributed by atoms with Gasteiger partial charge in [0.2, 0.25) is 6.19 Å². The first-order chi connectivity index (χ1) is 8.86. The number of hydrogen-bond donors (Lipinski definition) is 2. The third-order valence-corrected chi connectivity index (χ3v) is 2.77. The summed E-state index contributed by atoms with van der Waals surface area (Å²) in [5, 5.41) is 10.8. The third-order valence-electron chi connectivity index (χ3n) is 2.77. The van der Waals surface area contributed by atoms with Crippen molar-refractivity contribution >= 4 is 16.8 Å². The van der Waals surface area contributed by atoms with Gasteiger partial charge in [0.25, 0.3) is 0 Å². The number of hydrogen-bond acceptors (Lipinski definition) is 4. The molecule has 1 atom stereocenters. The predicted octanol–water partition coefficient (Wildman–Crippen LogP) is 1.80. The lowest BCUT2D eigenvalue weighted by Gasteiger charge is -2.09. The monoisotopic (exact) mass is 238 g/mol. The van der Waals surface area contributed by atoms with E-state index in [2.05, 4.69) is 21.9 Å². The summed E-state index contributed by atoms with van der Waals surface area (Å²) in [5.41, 5.74) is 6.60. The molecule has 5 nitrogen and oxygen atoms in total. The number of nitrogens with zero attached hydrogens (tertiary/aromatic N) is 2. The van der Waals surface area contributed by atoms with Gasteiger partial charge in [-0.15, -0.1) is 4.99 Å². The van der Waals surface area contributed by atoms with Crippen LogP contribution >= 0.6 is 0 Å². The molecule has 1 aliphatic heterocycles. The molecule has 1 heterocycles. The van der Waals surface area contributed by atoms with Gasteiger partial charge >= 0.3 is 6.02 Å². The van der Waals surface area contributed by atoms with E-state index in [1.807, 2.05) is 36.4 Å². The Labute approximate surface area is 104 Å². The second kappa shape index (κ2) is 4.35. The lowest BCUT2D eigenvalue weighted by molar-refractivity contribution is 0.199. The molecule has 0 bridgehead atoms. The molecule has 1 saturated heterocycles. The van der Waals surface area contributed by atoms with E-state index in [-0.39, 0.29) is 12.2 Å². The fourth-order valence-electron chi connectivity index (χ4n) is 1.92. The molecule has 2 N–H and O–H groups in total. The van der Waals surface area contributed by atoms with Crippen LogP contribution in [0.25, 0.3) is 10.8 Å². The summed E-state index contributed by atoms with van der Waals surface area (Å²) in [6.07, 6.45) is 1.34. The summed E-state index contributed by atoms with van der Waals surface area (Å²) in [7, 11) is 0. The molecule has 3 rings (SSSR count). The smallest absolute Gasteiger partial charge is 0.316 e. The molecular weight excluding hydrogens is 228 g/mol. The van der Waals surface area contributed by atoms with Crippen LogP contribution in [0.5, 0.6) is 0 Å². The molecule has 0 radical (unpaired) electrons. The van der Waals surface area contributed by atoms with E-state index in [4.69, 9.17) is 10.00 Å². The summed E-state index contributed by atoms with van der Waals surface area (Å²) < 4.78 is 5.44. The van der Waals surface area contributed by atoms with Crippen molar-refractivity contribution in [2.45, 2.75) is 6.23 Å². The van der Waals surface area contributed by atoms with E-state index < -0.39 is 0 Å². The highest BCUT2D eigenvalue weighted by Gasteiger charge is 2.22. The zero-order valence-electron chi connectivity index (χ0n) is 9.42. The quantitative estimate of drug-likeness (QED) is 0.743. The summed E-state index contributed by atoms with van der Waals surface area (Å²) in [4.78, 5) is 3.49. The topological polar surface area (TPSA) is 69.4 Å². The second-order valence-corrected chi connectivity index (χ2v) is 3.89. The maximum Gasteiger partial charge on any atom is 0.316 e. The van der Waals surface area contributed by atoms with Gasteiger partial charge in [-0.2, -0.15) is 10.7 Å². The maximum absolute atomic E-state index is 8.44. The largest absolute Gasteiger partial charge is 0.438 e. The van der Waals surface area contributed by atoms with E-state index in [0.717, 1.165) is 10.9 Å². The van der Waals surface area contributed by atoms with Gasteiger partial charge in [0.1, 0.15) is 0 Å². The number of hydrazine groups is 1. The summed E-state index contributed by atoms with van der Waals surface area (Å²) in [6.45, 7) is 0. The Bertz CT molecular complexity index is 659.